The molecule has 1 fully saturated rings. The maximum atomic E-state index is 12.3. The Balaban J connectivity index is 1.73. The molecule has 3 aromatic rings. The number of phenols is 1. The van der Waals surface area contributed by atoms with Gasteiger partial charge in [-0.3, -0.25) is 14.3 Å². The molecule has 1 saturated heterocycles. The van der Waals surface area contributed by atoms with Gasteiger partial charge in [0.15, 0.2) is 28.9 Å². The molecule has 0 aliphatic carbocycles. The van der Waals surface area contributed by atoms with Crippen LogP contribution >= 0.6 is 0 Å². The lowest BCUT2D eigenvalue weighted by Gasteiger charge is -2.18. The third-order valence-corrected chi connectivity index (χ3v) is 4.92. The Hall–Kier alpha value is -3.72. The minimum Gasteiger partial charge on any atom is -0.504 e. The number of aliphatic hydroxyl groups excluding tert-OH is 3. The van der Waals surface area contributed by atoms with Crippen LogP contribution in [0.1, 0.15) is 11.8 Å². The highest BCUT2D eigenvalue weighted by Crippen LogP contribution is 2.34. The van der Waals surface area contributed by atoms with Crippen LogP contribution in [0.15, 0.2) is 28.1 Å². The first-order valence-electron chi connectivity index (χ1n) is 9.40. The molecule has 0 spiro atoms. The lowest BCUT2D eigenvalue weighted by Crippen LogP contribution is -2.33. The number of fused-ring (bicyclic) bond motifs is 1. The number of methoxy groups -OCH3 is 1. The van der Waals surface area contributed by atoms with Gasteiger partial charge in [0.05, 0.1) is 19.9 Å². The largest absolute Gasteiger partial charge is 0.504 e. The summed E-state index contributed by atoms with van der Waals surface area (Å²) < 4.78 is 11.8. The number of hydrogen-bond acceptors (Lipinski definition) is 12. The standard InChI is InChI=1S/C18H21N7O7/c1-31-9-4-7(2-3-8(9)27)5-20-24-18-21-11-14(22-17(19)23-15(11)30)25(18)16-13(29)12(28)10(6-26)32-16/h2-5,10,12-13,16,26-29H,6H2,1H3,(H,21,24)(H3,19,22,23,30)/b20-5-/t10-,12+,13+,16+/m0/s1. The van der Waals surface area contributed by atoms with Gasteiger partial charge in [-0.15, -0.1) is 0 Å². The van der Waals surface area contributed by atoms with Gasteiger partial charge in [0.2, 0.25) is 11.9 Å². The zero-order chi connectivity index (χ0) is 23.0. The molecule has 4 atom stereocenters. The highest BCUT2D eigenvalue weighted by molar-refractivity contribution is 5.82. The van der Waals surface area contributed by atoms with E-state index in [2.05, 4.69) is 25.5 Å². The summed E-state index contributed by atoms with van der Waals surface area (Å²) in [5.74, 6) is -0.0207. The predicted molar refractivity (Wildman–Crippen MR) is 111 cm³/mol. The van der Waals surface area contributed by atoms with Crippen LogP contribution in [0.25, 0.3) is 11.2 Å². The van der Waals surface area contributed by atoms with Crippen molar-refractivity contribution in [2.45, 2.75) is 24.5 Å². The molecule has 3 heterocycles. The number of nitrogen functional groups attached to an aromatic ring is 1. The average molecular weight is 447 g/mol. The van der Waals surface area contributed by atoms with Gasteiger partial charge < -0.3 is 35.6 Å². The lowest BCUT2D eigenvalue weighted by atomic mass is 10.1. The maximum Gasteiger partial charge on any atom is 0.280 e. The van der Waals surface area contributed by atoms with Gasteiger partial charge in [-0.1, -0.05) is 0 Å². The second kappa shape index (κ2) is 8.43. The number of ether oxygens (including phenoxy) is 2. The summed E-state index contributed by atoms with van der Waals surface area (Å²) >= 11 is 0. The second-order valence-electron chi connectivity index (χ2n) is 6.96. The van der Waals surface area contributed by atoms with Gasteiger partial charge in [0.25, 0.3) is 5.56 Å². The number of imidazole rings is 1. The van der Waals surface area contributed by atoms with Crippen LogP contribution in [0.4, 0.5) is 11.9 Å². The molecule has 0 radical (unpaired) electrons. The van der Waals surface area contributed by atoms with Crippen LogP contribution in [0.2, 0.25) is 0 Å². The minimum absolute atomic E-state index is 0.0231. The Kier molecular flexibility index (Phi) is 5.67. The topological polar surface area (TPSA) is 213 Å². The zero-order valence-corrected chi connectivity index (χ0v) is 16.7. The molecule has 0 bridgehead atoms. The normalized spacial score (nSPS) is 23.2. The summed E-state index contributed by atoms with van der Waals surface area (Å²) in [5.41, 5.74) is 8.10. The van der Waals surface area contributed by atoms with E-state index in [1.54, 1.807) is 12.1 Å². The zero-order valence-electron chi connectivity index (χ0n) is 16.7. The molecule has 32 heavy (non-hydrogen) atoms. The molecule has 170 valence electrons. The van der Waals surface area contributed by atoms with Gasteiger partial charge in [-0.25, -0.2) is 10.4 Å². The number of rotatable bonds is 6. The third-order valence-electron chi connectivity index (χ3n) is 4.92. The third kappa shape index (κ3) is 3.71. The Labute approximate surface area is 179 Å². The van der Waals surface area contributed by atoms with E-state index in [1.807, 2.05) is 0 Å². The van der Waals surface area contributed by atoms with Crippen LogP contribution in [-0.4, -0.2) is 78.2 Å². The highest BCUT2D eigenvalue weighted by Gasteiger charge is 2.45. The smallest absolute Gasteiger partial charge is 0.280 e. The van der Waals surface area contributed by atoms with E-state index in [1.165, 1.54) is 24.0 Å². The first-order chi connectivity index (χ1) is 15.3. The van der Waals surface area contributed by atoms with Crippen molar-refractivity contribution in [2.75, 3.05) is 24.9 Å². The lowest BCUT2D eigenvalue weighted by molar-refractivity contribution is -0.0501. The first-order valence-corrected chi connectivity index (χ1v) is 9.40. The van der Waals surface area contributed by atoms with Crippen molar-refractivity contribution in [3.8, 4) is 11.5 Å². The van der Waals surface area contributed by atoms with Crippen molar-refractivity contribution in [1.29, 1.82) is 0 Å². The molecule has 0 amide bonds. The van der Waals surface area contributed by atoms with Crippen molar-refractivity contribution < 1.29 is 29.9 Å². The number of nitrogens with two attached hydrogens (primary N) is 1. The molecular weight excluding hydrogens is 426 g/mol. The summed E-state index contributed by atoms with van der Waals surface area (Å²) in [7, 11) is 1.41. The first kappa shape index (κ1) is 21.5. The highest BCUT2D eigenvalue weighted by atomic mass is 16.6. The summed E-state index contributed by atoms with van der Waals surface area (Å²) in [4.78, 5) is 22.8. The molecule has 0 saturated carbocycles. The van der Waals surface area contributed by atoms with E-state index in [9.17, 15) is 25.2 Å². The number of H-pyrrole nitrogens is 1. The number of benzene rings is 1. The summed E-state index contributed by atoms with van der Waals surface area (Å²) in [6.07, 6.45) is -3.75. The monoisotopic (exact) mass is 447 g/mol. The van der Waals surface area contributed by atoms with Crippen LogP contribution in [0.3, 0.4) is 0 Å². The number of hydrogen-bond donors (Lipinski definition) is 7. The molecule has 1 aromatic carbocycles. The minimum atomic E-state index is -1.46. The molecule has 14 heteroatoms. The van der Waals surface area contributed by atoms with Crippen LogP contribution in [0, 0.1) is 0 Å². The van der Waals surface area contributed by atoms with E-state index in [-0.39, 0.29) is 34.6 Å². The van der Waals surface area contributed by atoms with Gasteiger partial charge in [0.1, 0.15) is 18.3 Å². The number of aromatic nitrogens is 4. The van der Waals surface area contributed by atoms with Crippen molar-refractivity contribution in [3.05, 3.63) is 34.1 Å². The number of nitrogens with zero attached hydrogens (tertiary/aromatic N) is 4. The Morgan fingerprint density at radius 3 is 2.84 bits per heavy atom. The van der Waals surface area contributed by atoms with E-state index in [0.29, 0.717) is 5.56 Å². The summed E-state index contributed by atoms with van der Waals surface area (Å²) in [6.45, 7) is -0.541. The van der Waals surface area contributed by atoms with E-state index < -0.39 is 36.7 Å². The summed E-state index contributed by atoms with van der Waals surface area (Å²) in [6, 6.07) is 4.56. The van der Waals surface area contributed by atoms with Crippen molar-refractivity contribution in [2.24, 2.45) is 5.10 Å². The van der Waals surface area contributed by atoms with Crippen LogP contribution in [-0.2, 0) is 4.74 Å². The number of nitrogens with one attached hydrogen (secondary N) is 2. The van der Waals surface area contributed by atoms with Gasteiger partial charge in [-0.2, -0.15) is 10.1 Å². The molecule has 4 rings (SSSR count). The molecular formula is C18H21N7O7. The number of aromatic hydroxyl groups is 1. The van der Waals surface area contributed by atoms with Gasteiger partial charge in [-0.05, 0) is 23.8 Å². The molecule has 2 aromatic heterocycles. The fourth-order valence-electron chi connectivity index (χ4n) is 3.35. The Bertz CT molecular complexity index is 1220. The Morgan fingerprint density at radius 2 is 2.16 bits per heavy atom. The number of hydrazone groups is 1. The van der Waals surface area contributed by atoms with Crippen molar-refractivity contribution in [3.63, 3.8) is 0 Å². The molecule has 8 N–H and O–H groups in total. The number of phenolic OH excluding ortho intramolecular Hbond substituents is 1. The van der Waals surface area contributed by atoms with Gasteiger partial charge in [0, 0.05) is 0 Å². The van der Waals surface area contributed by atoms with Crippen LogP contribution in [0.5, 0.6) is 11.5 Å². The number of aliphatic hydroxyl groups is 3. The quantitative estimate of drug-likeness (QED) is 0.170. The molecule has 1 aliphatic rings. The predicted octanol–water partition coefficient (Wildman–Crippen LogP) is -1.53. The SMILES string of the molecule is COc1cc(/C=N\Nc2nc3c(=O)[nH]c(N)nc3n2[C@@H]2O[C@@H](CO)[C@@H](O)[C@H]2O)ccc1O. The van der Waals surface area contributed by atoms with Crippen molar-refractivity contribution in [1.82, 2.24) is 19.5 Å². The van der Waals surface area contributed by atoms with E-state index in [0.717, 1.165) is 0 Å². The second-order valence-corrected chi connectivity index (χ2v) is 6.96. The van der Waals surface area contributed by atoms with Crippen LogP contribution < -0.4 is 21.5 Å². The fraction of sp³-hybridized carbons (Fsp3) is 0.333. The molecule has 14 nitrogen and oxygen atoms in total. The molecule has 0 unspecified atom stereocenters. The van der Waals surface area contributed by atoms with E-state index >= 15 is 0 Å². The molecule has 1 aliphatic heterocycles. The fourth-order valence-corrected chi connectivity index (χ4v) is 3.35. The number of anilines is 2. The Morgan fingerprint density at radius 1 is 1.38 bits per heavy atom. The summed E-state index contributed by atoms with van der Waals surface area (Å²) in [5, 5.41) is 43.7. The van der Waals surface area contributed by atoms with Gasteiger partial charge >= 0.3 is 0 Å². The van der Waals surface area contributed by atoms with E-state index in [4.69, 9.17) is 15.2 Å². The maximum absolute atomic E-state index is 12.3. The average Bonchev–Trinajstić information content (AvgIpc) is 3.26. The number of aromatic amines is 1. The van der Waals surface area contributed by atoms with Crippen molar-refractivity contribution >= 4 is 29.3 Å².